The standard InChI is InChI=1S/C32H51NO3S/c1-7-9-20-29(30(26(5)37)23-35-32(34)33(6)27-16-13-14-17-27)24(3)21-22-31(25(4)15-8-2)36-28-18-11-10-12-19-28/h15,20-22,27-28,37H,7-14,16-19,23H2,1-6H3/b24-21+,25-15+,29-20-,30-26-,31-22+. The molecule has 2 aliphatic carbocycles. The van der Waals surface area contributed by atoms with Gasteiger partial charge in [0.05, 0.1) is 6.10 Å². The molecule has 1 amide bonds. The molecule has 0 bridgehead atoms. The van der Waals surface area contributed by atoms with Crippen molar-refractivity contribution in [3.05, 3.63) is 57.3 Å². The molecule has 37 heavy (non-hydrogen) atoms. The normalized spacial score (nSPS) is 19.6. The molecule has 0 radical (unpaired) electrons. The van der Waals surface area contributed by atoms with E-state index < -0.39 is 0 Å². The summed E-state index contributed by atoms with van der Waals surface area (Å²) in [6.07, 6.45) is 22.3. The summed E-state index contributed by atoms with van der Waals surface area (Å²) >= 11 is 4.70. The van der Waals surface area contributed by atoms with Crippen LogP contribution in [-0.2, 0) is 9.47 Å². The SMILES string of the molecule is CC/C=C(C)/C(=C\C=C(C)\C(=C\CCC)C(\COC(=O)N(C)C1CCCC1)=C(\C)S)OC1CCCCC1. The molecule has 0 unspecified atom stereocenters. The number of nitrogens with zero attached hydrogens (tertiary/aromatic N) is 1. The van der Waals surface area contributed by atoms with E-state index in [0.717, 1.165) is 72.3 Å². The Hall–Kier alpha value is -1.88. The van der Waals surface area contributed by atoms with Crippen LogP contribution in [0.5, 0.6) is 0 Å². The van der Waals surface area contributed by atoms with Crippen molar-refractivity contribution in [2.75, 3.05) is 13.7 Å². The highest BCUT2D eigenvalue weighted by Crippen LogP contribution is 2.29. The molecule has 4 nitrogen and oxygen atoms in total. The van der Waals surface area contributed by atoms with Crippen LogP contribution < -0.4 is 0 Å². The maximum Gasteiger partial charge on any atom is 0.410 e. The van der Waals surface area contributed by atoms with Gasteiger partial charge in [-0.1, -0.05) is 57.8 Å². The summed E-state index contributed by atoms with van der Waals surface area (Å²) in [6.45, 7) is 10.8. The van der Waals surface area contributed by atoms with Crippen LogP contribution in [0.15, 0.2) is 57.3 Å². The molecule has 2 rings (SSSR count). The van der Waals surface area contributed by atoms with Gasteiger partial charge in [-0.3, -0.25) is 0 Å². The van der Waals surface area contributed by atoms with E-state index in [2.05, 4.69) is 52.0 Å². The Kier molecular flexibility index (Phi) is 14.3. The minimum Gasteiger partial charge on any atom is -0.490 e. The summed E-state index contributed by atoms with van der Waals surface area (Å²) in [4.78, 5) is 15.4. The van der Waals surface area contributed by atoms with Crippen molar-refractivity contribution < 1.29 is 14.3 Å². The Bertz CT molecular complexity index is 880. The summed E-state index contributed by atoms with van der Waals surface area (Å²) < 4.78 is 12.3. The van der Waals surface area contributed by atoms with Gasteiger partial charge in [0.15, 0.2) is 0 Å². The van der Waals surface area contributed by atoms with E-state index in [-0.39, 0.29) is 12.7 Å². The fraction of sp³-hybridized carbons (Fsp3) is 0.656. The average Bonchev–Trinajstić information content (AvgIpc) is 3.43. The minimum atomic E-state index is -0.251. The van der Waals surface area contributed by atoms with Gasteiger partial charge in [-0.15, -0.1) is 12.6 Å². The second-order valence-electron chi connectivity index (χ2n) is 10.6. The first-order valence-electron chi connectivity index (χ1n) is 14.5. The van der Waals surface area contributed by atoms with Gasteiger partial charge < -0.3 is 14.4 Å². The van der Waals surface area contributed by atoms with Gasteiger partial charge in [-0.05, 0) is 99.8 Å². The first-order valence-corrected chi connectivity index (χ1v) is 14.9. The average molecular weight is 530 g/mol. The number of thiol groups is 1. The zero-order valence-corrected chi connectivity index (χ0v) is 25.2. The number of hydrogen-bond donors (Lipinski definition) is 1. The lowest BCUT2D eigenvalue weighted by atomic mass is 9.96. The van der Waals surface area contributed by atoms with Crippen molar-refractivity contribution in [1.82, 2.24) is 4.90 Å². The van der Waals surface area contributed by atoms with Crippen LogP contribution in [0.25, 0.3) is 0 Å². The monoisotopic (exact) mass is 529 g/mol. The smallest absolute Gasteiger partial charge is 0.410 e. The molecular weight excluding hydrogens is 478 g/mol. The van der Waals surface area contributed by atoms with Crippen LogP contribution in [0.2, 0.25) is 0 Å². The number of rotatable bonds is 12. The van der Waals surface area contributed by atoms with Crippen molar-refractivity contribution in [3.63, 3.8) is 0 Å². The van der Waals surface area contributed by atoms with Gasteiger partial charge in [-0.2, -0.15) is 0 Å². The molecule has 0 atom stereocenters. The van der Waals surface area contributed by atoms with Gasteiger partial charge >= 0.3 is 6.09 Å². The van der Waals surface area contributed by atoms with Crippen LogP contribution in [0.4, 0.5) is 4.79 Å². The number of amides is 1. The summed E-state index contributed by atoms with van der Waals surface area (Å²) in [6, 6.07) is 0.293. The molecule has 2 fully saturated rings. The highest BCUT2D eigenvalue weighted by molar-refractivity contribution is 7.84. The summed E-state index contributed by atoms with van der Waals surface area (Å²) in [7, 11) is 1.86. The highest BCUT2D eigenvalue weighted by atomic mass is 32.1. The first-order chi connectivity index (χ1) is 17.8. The predicted molar refractivity (Wildman–Crippen MR) is 160 cm³/mol. The Labute approximate surface area is 232 Å². The van der Waals surface area contributed by atoms with E-state index in [1.807, 2.05) is 14.0 Å². The van der Waals surface area contributed by atoms with Crippen molar-refractivity contribution in [2.45, 2.75) is 124 Å². The fourth-order valence-corrected chi connectivity index (χ4v) is 5.37. The molecule has 0 saturated heterocycles. The second-order valence-corrected chi connectivity index (χ2v) is 11.3. The molecule has 0 aromatic carbocycles. The highest BCUT2D eigenvalue weighted by Gasteiger charge is 2.25. The van der Waals surface area contributed by atoms with Crippen molar-refractivity contribution in [3.8, 4) is 0 Å². The Morgan fingerprint density at radius 3 is 2.16 bits per heavy atom. The summed E-state index contributed by atoms with van der Waals surface area (Å²) in [5, 5.41) is 0. The largest absolute Gasteiger partial charge is 0.490 e. The number of allylic oxidation sites excluding steroid dienone is 7. The molecule has 0 aromatic heterocycles. The number of carbonyl (C=O) groups is 1. The summed E-state index contributed by atoms with van der Waals surface area (Å²) in [5.74, 6) is 0.959. The van der Waals surface area contributed by atoms with Crippen LogP contribution in [0.1, 0.15) is 112 Å². The molecular formula is C32H51NO3S. The molecule has 208 valence electrons. The van der Waals surface area contributed by atoms with Crippen LogP contribution >= 0.6 is 12.6 Å². The molecule has 0 spiro atoms. The van der Waals surface area contributed by atoms with E-state index in [9.17, 15) is 4.79 Å². The molecule has 2 aliphatic rings. The van der Waals surface area contributed by atoms with Crippen molar-refractivity contribution in [1.29, 1.82) is 0 Å². The van der Waals surface area contributed by atoms with E-state index in [4.69, 9.17) is 22.1 Å². The van der Waals surface area contributed by atoms with Crippen LogP contribution in [-0.4, -0.2) is 36.8 Å². The van der Waals surface area contributed by atoms with Crippen LogP contribution in [0, 0.1) is 0 Å². The fourth-order valence-electron chi connectivity index (χ4n) is 5.19. The third kappa shape index (κ3) is 10.4. The van der Waals surface area contributed by atoms with Crippen molar-refractivity contribution >= 4 is 18.7 Å². The van der Waals surface area contributed by atoms with E-state index in [1.165, 1.54) is 37.7 Å². The molecule has 0 heterocycles. The quantitative estimate of drug-likeness (QED) is 0.155. The maximum atomic E-state index is 12.8. The Morgan fingerprint density at radius 2 is 1.57 bits per heavy atom. The molecule has 0 aliphatic heterocycles. The molecule has 2 saturated carbocycles. The maximum absolute atomic E-state index is 12.8. The van der Waals surface area contributed by atoms with Gasteiger partial charge in [0.1, 0.15) is 12.4 Å². The Morgan fingerprint density at radius 1 is 0.919 bits per heavy atom. The first kappa shape index (κ1) is 31.3. The van der Waals surface area contributed by atoms with E-state index >= 15 is 0 Å². The zero-order valence-electron chi connectivity index (χ0n) is 24.3. The number of ether oxygens (including phenoxy) is 2. The van der Waals surface area contributed by atoms with Crippen molar-refractivity contribution in [2.24, 2.45) is 0 Å². The van der Waals surface area contributed by atoms with E-state index in [0.29, 0.717) is 12.1 Å². The van der Waals surface area contributed by atoms with Crippen LogP contribution in [0.3, 0.4) is 0 Å². The lowest BCUT2D eigenvalue weighted by molar-refractivity contribution is 0.0874. The zero-order chi connectivity index (χ0) is 27.2. The van der Waals surface area contributed by atoms with Gasteiger partial charge in [0.25, 0.3) is 0 Å². The number of hydrogen-bond acceptors (Lipinski definition) is 4. The van der Waals surface area contributed by atoms with Gasteiger partial charge in [0, 0.05) is 18.7 Å². The molecule has 0 aromatic rings. The van der Waals surface area contributed by atoms with Gasteiger partial charge in [-0.25, -0.2) is 4.79 Å². The summed E-state index contributed by atoms with van der Waals surface area (Å²) in [5.41, 5.74) is 4.35. The third-order valence-electron chi connectivity index (χ3n) is 7.55. The number of carbonyl (C=O) groups excluding carboxylic acids is 1. The number of unbranched alkanes of at least 4 members (excludes halogenated alkanes) is 1. The molecule has 0 N–H and O–H groups in total. The lowest BCUT2D eigenvalue weighted by Gasteiger charge is -2.25. The minimum absolute atomic E-state index is 0.218. The predicted octanol–water partition coefficient (Wildman–Crippen LogP) is 9.46. The van der Waals surface area contributed by atoms with Gasteiger partial charge in [0.2, 0.25) is 0 Å². The third-order valence-corrected chi connectivity index (χ3v) is 7.82. The molecule has 5 heteroatoms. The Balaban J connectivity index is 2.26. The lowest BCUT2D eigenvalue weighted by Crippen LogP contribution is -2.36. The van der Waals surface area contributed by atoms with E-state index in [1.54, 1.807) is 4.90 Å². The second kappa shape index (κ2) is 16.9. The topological polar surface area (TPSA) is 38.8 Å².